The number of benzene rings is 3. The van der Waals surface area contributed by atoms with E-state index in [1.165, 1.54) is 26.8 Å². The Hall–Kier alpha value is -7.38. The van der Waals surface area contributed by atoms with Gasteiger partial charge in [0.15, 0.2) is 17.0 Å². The third kappa shape index (κ3) is 9.03. The van der Waals surface area contributed by atoms with Crippen molar-refractivity contribution in [2.45, 2.75) is 129 Å². The lowest BCUT2D eigenvalue weighted by Gasteiger charge is -2.38. The lowest BCUT2D eigenvalue weighted by atomic mass is 9.81. The smallest absolute Gasteiger partial charge is 0.410 e. The van der Waals surface area contributed by atoms with E-state index in [4.69, 9.17) is 14.5 Å². The van der Waals surface area contributed by atoms with Gasteiger partial charge in [-0.2, -0.15) is 5.10 Å². The average molecular weight is 1050 g/mol. The van der Waals surface area contributed by atoms with Crippen LogP contribution in [0.5, 0.6) is 11.5 Å². The minimum absolute atomic E-state index is 0.0128. The highest BCUT2D eigenvalue weighted by Gasteiger charge is 2.46. The molecule has 19 heteroatoms. The number of amides is 2. The molecule has 2 atom stereocenters. The fourth-order valence-electron chi connectivity index (χ4n) is 12.5. The summed E-state index contributed by atoms with van der Waals surface area (Å²) in [6.45, 7) is 14.1. The van der Waals surface area contributed by atoms with Crippen molar-refractivity contribution < 1.29 is 43.6 Å². The predicted molar refractivity (Wildman–Crippen MR) is 283 cm³/mol. The van der Waals surface area contributed by atoms with Gasteiger partial charge in [0.05, 0.1) is 46.3 Å². The summed E-state index contributed by atoms with van der Waals surface area (Å²) in [5.74, 6) is -0.808. The van der Waals surface area contributed by atoms with Crippen molar-refractivity contribution in [2.24, 2.45) is 11.8 Å². The number of phenolic OH excluding ortho intramolecular Hbond substituents is 2. The van der Waals surface area contributed by atoms with Crippen LogP contribution in [0.2, 0.25) is 0 Å². The van der Waals surface area contributed by atoms with Crippen LogP contribution in [-0.2, 0) is 50.7 Å². The summed E-state index contributed by atoms with van der Waals surface area (Å²) in [6, 6.07) is 13.2. The van der Waals surface area contributed by atoms with E-state index < -0.39 is 52.3 Å². The number of esters is 1. The molecule has 2 amide bonds. The first-order chi connectivity index (χ1) is 36.7. The van der Waals surface area contributed by atoms with E-state index in [9.17, 15) is 39.3 Å². The molecule has 2 fully saturated rings. The minimum atomic E-state index is -2.02. The van der Waals surface area contributed by atoms with Crippen LogP contribution in [-0.4, -0.2) is 106 Å². The zero-order valence-corrected chi connectivity index (χ0v) is 44.3. The molecule has 4 aliphatic heterocycles. The van der Waals surface area contributed by atoms with Gasteiger partial charge >= 0.3 is 17.8 Å². The van der Waals surface area contributed by atoms with Crippen LogP contribution < -0.4 is 16.6 Å². The highest BCUT2D eigenvalue weighted by Crippen LogP contribution is 2.46. The maximum atomic E-state index is 15.5. The zero-order valence-electron chi connectivity index (χ0n) is 44.3. The molecule has 2 saturated heterocycles. The summed E-state index contributed by atoms with van der Waals surface area (Å²) in [6.07, 6.45) is 4.89. The van der Waals surface area contributed by atoms with Crippen LogP contribution >= 0.6 is 0 Å². The van der Waals surface area contributed by atoms with Gasteiger partial charge in [0.2, 0.25) is 0 Å². The van der Waals surface area contributed by atoms with Crippen LogP contribution in [0, 0.1) is 24.6 Å². The summed E-state index contributed by atoms with van der Waals surface area (Å²) in [4.78, 5) is 77.1. The van der Waals surface area contributed by atoms with E-state index in [1.807, 2.05) is 38.1 Å². The van der Waals surface area contributed by atoms with Gasteiger partial charge in [-0.3, -0.25) is 9.59 Å². The molecular formula is C58H65FN8O10. The Morgan fingerprint density at radius 1 is 0.948 bits per heavy atom. The van der Waals surface area contributed by atoms with E-state index >= 15 is 4.39 Å². The second-order valence-corrected chi connectivity index (χ2v) is 22.6. The lowest BCUT2D eigenvalue weighted by molar-refractivity contribution is -0.172. The monoisotopic (exact) mass is 1050 g/mol. The fourth-order valence-corrected chi connectivity index (χ4v) is 12.5. The van der Waals surface area contributed by atoms with Crippen LogP contribution in [0.4, 0.5) is 9.18 Å². The molecule has 6 aromatic rings. The normalized spacial score (nSPS) is 19.8. The third-order valence-corrected chi connectivity index (χ3v) is 17.1. The van der Waals surface area contributed by atoms with Crippen molar-refractivity contribution in [1.29, 1.82) is 0 Å². The van der Waals surface area contributed by atoms with Crippen molar-refractivity contribution in [3.8, 4) is 40.0 Å². The van der Waals surface area contributed by atoms with Gasteiger partial charge in [-0.1, -0.05) is 32.9 Å². The van der Waals surface area contributed by atoms with E-state index in [1.54, 1.807) is 44.7 Å². The van der Waals surface area contributed by atoms with Gasteiger partial charge in [-0.05, 0) is 155 Å². The van der Waals surface area contributed by atoms with Gasteiger partial charge in [-0.15, -0.1) is 0 Å². The van der Waals surface area contributed by atoms with Crippen molar-refractivity contribution in [2.75, 3.05) is 32.7 Å². The number of phenols is 2. The van der Waals surface area contributed by atoms with Crippen molar-refractivity contribution >= 4 is 28.9 Å². The number of aliphatic hydroxyl groups is 1. The summed E-state index contributed by atoms with van der Waals surface area (Å²) < 4.78 is 29.7. The number of nitrogens with one attached hydrogen (secondary N) is 2. The van der Waals surface area contributed by atoms with Gasteiger partial charge in [0.1, 0.15) is 23.9 Å². The Kier molecular flexibility index (Phi) is 13.1. The topological polar surface area (TPSA) is 234 Å². The number of rotatable bonds is 11. The van der Waals surface area contributed by atoms with Crippen LogP contribution in [0.15, 0.2) is 58.1 Å². The predicted octanol–water partition coefficient (Wildman–Crippen LogP) is 7.29. The number of aromatic hydroxyl groups is 2. The molecule has 18 nitrogen and oxygen atoms in total. The molecule has 77 heavy (non-hydrogen) atoms. The number of aromatic nitrogens is 5. The average Bonchev–Trinajstić information content (AvgIpc) is 4.00. The number of H-pyrrole nitrogens is 1. The maximum Gasteiger partial charge on any atom is 0.410 e. The third-order valence-electron chi connectivity index (χ3n) is 17.1. The molecule has 5 N–H and O–H groups in total. The second kappa shape index (κ2) is 19.6. The first-order valence-corrected chi connectivity index (χ1v) is 26.9. The molecule has 0 saturated carbocycles. The van der Waals surface area contributed by atoms with E-state index in [0.29, 0.717) is 93.6 Å². The summed E-state index contributed by atoms with van der Waals surface area (Å²) in [5, 5.41) is 43.1. The zero-order chi connectivity index (χ0) is 54.4. The van der Waals surface area contributed by atoms with Gasteiger partial charge in [0, 0.05) is 48.3 Å². The lowest BCUT2D eigenvalue weighted by Crippen LogP contribution is -2.50. The summed E-state index contributed by atoms with van der Waals surface area (Å²) in [5.41, 5.74) is 2.42. The Balaban J connectivity index is 0.694. The quantitative estimate of drug-likeness (QED) is 0.0802. The number of carbonyl (C=O) groups excluding carboxylic acids is 3. The maximum absolute atomic E-state index is 15.5. The van der Waals surface area contributed by atoms with E-state index in [0.717, 1.165) is 57.3 Å². The molecule has 3 aromatic carbocycles. The van der Waals surface area contributed by atoms with Crippen molar-refractivity contribution in [3.63, 3.8) is 0 Å². The largest absolute Gasteiger partial charge is 0.508 e. The van der Waals surface area contributed by atoms with Crippen LogP contribution in [0.1, 0.15) is 130 Å². The fraction of sp³-hybridized carbons (Fsp3) is 0.466. The molecule has 0 bridgehead atoms. The highest BCUT2D eigenvalue weighted by molar-refractivity contribution is 5.95. The van der Waals surface area contributed by atoms with Gasteiger partial charge in [0.25, 0.3) is 11.5 Å². The Morgan fingerprint density at radius 3 is 2.36 bits per heavy atom. The van der Waals surface area contributed by atoms with Crippen molar-refractivity contribution in [3.05, 3.63) is 120 Å². The number of carbonyl (C=O) groups is 3. The Bertz CT molecular complexity index is 3510. The molecule has 0 radical (unpaired) electrons. The molecular weight excluding hydrogens is 988 g/mol. The number of hydrogen-bond acceptors (Lipinski definition) is 13. The van der Waals surface area contributed by atoms with Crippen LogP contribution in [0.3, 0.4) is 0 Å². The first-order valence-electron chi connectivity index (χ1n) is 26.9. The van der Waals surface area contributed by atoms with Crippen LogP contribution in [0.25, 0.3) is 39.4 Å². The van der Waals surface area contributed by atoms with E-state index in [-0.39, 0.29) is 53.9 Å². The number of cyclic esters (lactones) is 1. The number of likely N-dealkylation sites (tertiary alicyclic amines) is 2. The number of fused-ring (bicyclic) bond motifs is 5. The minimum Gasteiger partial charge on any atom is -0.508 e. The number of aryl methyl sites for hydroxylation is 1. The SMILES string of the molecule is CC[C@@]1(O)C(=O)OCc2c1cc1n(c2=O)Cc2c-1nc1cc(F)c(C)c3c1c2[C@@H](NC(=O)C(C)(C)OC(=O)N1CCC(CN2CCC(Cc4ccc(-n5c(-c6cc(C(C)C)c(O)cc6O)n[nH]c5=O)cc4)CC2)CC1)CC3. The van der Waals surface area contributed by atoms with E-state index in [2.05, 4.69) is 20.4 Å². The molecule has 11 rings (SSSR count). The highest BCUT2D eigenvalue weighted by atomic mass is 19.1. The molecule has 0 unspecified atom stereocenters. The standard InChI is InChI=1S/C58H65FN8O10/c1-7-58(75)41-24-45-50-39(28-66(45)52(70)40(41)29-76-54(58)72)49-43(13-12-36-31(4)42(59)25-44(60-50)48(36)49)61-53(71)57(5,6)77-56(74)65-20-16-34(17-21-65)27-64-18-14-33(15-19-64)22-32-8-10-35(11-9-32)67-51(62-63-55(67)73)38-23-37(30(2)3)46(68)26-47(38)69/h8-11,23-26,30,33-34,43,68-69,75H,7,12-22,27-29H2,1-6H3,(H,61,71)(H,63,73)/t43-,58-/m0/s1. The number of pyridine rings is 2. The number of piperidine rings is 2. The molecule has 7 heterocycles. The first kappa shape index (κ1) is 51.7. The molecule has 3 aromatic heterocycles. The number of aromatic amines is 1. The second-order valence-electron chi connectivity index (χ2n) is 22.6. The van der Waals surface area contributed by atoms with Gasteiger partial charge in [-0.25, -0.2) is 33.4 Å². The van der Waals surface area contributed by atoms with Gasteiger partial charge < -0.3 is 44.5 Å². The number of hydrogen-bond donors (Lipinski definition) is 5. The number of halogens is 1. The Labute approximate surface area is 443 Å². The van der Waals surface area contributed by atoms with Crippen molar-refractivity contribution in [1.82, 2.24) is 39.4 Å². The molecule has 5 aliphatic rings. The summed E-state index contributed by atoms with van der Waals surface area (Å²) in [7, 11) is 0. The molecule has 404 valence electrons. The molecule has 1 aliphatic carbocycles. The number of ether oxygens (including phenoxy) is 2. The number of nitrogens with zero attached hydrogens (tertiary/aromatic N) is 6. The summed E-state index contributed by atoms with van der Waals surface area (Å²) >= 11 is 0. The Morgan fingerprint density at radius 2 is 1.66 bits per heavy atom. The molecule has 0 spiro atoms.